The molecule has 0 aliphatic heterocycles. The molecule has 3 heteroatoms. The van der Waals surface area contributed by atoms with E-state index in [0.29, 0.717) is 5.92 Å². The van der Waals surface area contributed by atoms with Gasteiger partial charge in [-0.3, -0.25) is 0 Å². The number of aliphatic carboxylic acids is 1. The molecule has 0 heterocycles. The van der Waals surface area contributed by atoms with Crippen LogP contribution >= 0.6 is 0 Å². The van der Waals surface area contributed by atoms with Gasteiger partial charge in [-0.1, -0.05) is 32.1 Å². The minimum Gasteiger partial charge on any atom is -0.550 e. The molecule has 0 N–H and O–H groups in total. The molecule has 0 amide bonds. The van der Waals surface area contributed by atoms with E-state index in [1.54, 1.807) is 0 Å². The Labute approximate surface area is 89.2 Å². The molecule has 1 fully saturated rings. The van der Waals surface area contributed by atoms with Crippen molar-refractivity contribution in [3.8, 4) is 0 Å². The molecule has 0 unspecified atom stereocenters. The van der Waals surface area contributed by atoms with Gasteiger partial charge in [0.1, 0.15) is 0 Å². The van der Waals surface area contributed by atoms with Crippen LogP contribution in [-0.2, 0) is 27.2 Å². The third-order valence-corrected chi connectivity index (χ3v) is 2.48. The standard InChI is InChI=1S/C9H16O2.Ag/c10-9(11)7-6-8-4-2-1-3-5-8;/h8H,1-7H2,(H,10,11);/q;+1/p-1. The van der Waals surface area contributed by atoms with Crippen LogP contribution in [0.1, 0.15) is 44.9 Å². The molecule has 0 radical (unpaired) electrons. The second kappa shape index (κ2) is 6.70. The van der Waals surface area contributed by atoms with Crippen LogP contribution in [-0.4, -0.2) is 5.97 Å². The van der Waals surface area contributed by atoms with Crippen molar-refractivity contribution in [2.24, 2.45) is 5.92 Å². The summed E-state index contributed by atoms with van der Waals surface area (Å²) in [7, 11) is 0. The first-order chi connectivity index (χ1) is 5.29. The van der Waals surface area contributed by atoms with Crippen LogP contribution in [0.4, 0.5) is 0 Å². The molecule has 2 nitrogen and oxygen atoms in total. The molecule has 74 valence electrons. The molecule has 1 aliphatic carbocycles. The molecule has 1 aliphatic rings. The van der Waals surface area contributed by atoms with Gasteiger partial charge in [-0.05, 0) is 18.8 Å². The molecule has 0 bridgehead atoms. The summed E-state index contributed by atoms with van der Waals surface area (Å²) in [6.07, 6.45) is 7.46. The van der Waals surface area contributed by atoms with E-state index < -0.39 is 5.97 Å². The average Bonchev–Trinajstić information content (AvgIpc) is 2.03. The zero-order chi connectivity index (χ0) is 8.10. The first-order valence-corrected chi connectivity index (χ1v) is 4.49. The normalized spacial score (nSPS) is 18.3. The molecule has 0 aromatic rings. The van der Waals surface area contributed by atoms with Crippen molar-refractivity contribution in [3.05, 3.63) is 0 Å². The molecule has 0 aromatic carbocycles. The van der Waals surface area contributed by atoms with Crippen LogP contribution in [0.15, 0.2) is 0 Å². The molecular weight excluding hydrogens is 248 g/mol. The number of hydrogen-bond acceptors (Lipinski definition) is 2. The van der Waals surface area contributed by atoms with Gasteiger partial charge in [0.2, 0.25) is 0 Å². The van der Waals surface area contributed by atoms with E-state index in [4.69, 9.17) is 0 Å². The maximum absolute atomic E-state index is 10.1. The third kappa shape index (κ3) is 4.96. The van der Waals surface area contributed by atoms with Crippen LogP contribution in [0.25, 0.3) is 0 Å². The van der Waals surface area contributed by atoms with E-state index in [1.807, 2.05) is 0 Å². The molecule has 12 heavy (non-hydrogen) atoms. The largest absolute Gasteiger partial charge is 1.00 e. The van der Waals surface area contributed by atoms with E-state index >= 15 is 0 Å². The number of carboxylic acid groups (broad SMARTS) is 1. The Hall–Kier alpha value is 0.210. The van der Waals surface area contributed by atoms with E-state index in [0.717, 1.165) is 6.42 Å². The van der Waals surface area contributed by atoms with Gasteiger partial charge in [0.05, 0.1) is 0 Å². The predicted octanol–water partition coefficient (Wildman–Crippen LogP) is 1.09. The second-order valence-electron chi connectivity index (χ2n) is 3.41. The van der Waals surface area contributed by atoms with Crippen LogP contribution in [0, 0.1) is 5.92 Å². The minimum absolute atomic E-state index is 0. The van der Waals surface area contributed by atoms with Gasteiger partial charge in [0, 0.05) is 5.97 Å². The van der Waals surface area contributed by atoms with Gasteiger partial charge in [-0.25, -0.2) is 0 Å². The monoisotopic (exact) mass is 262 g/mol. The SMILES string of the molecule is O=C([O-])CCC1CCCCC1.[Ag+]. The average molecular weight is 263 g/mol. The quantitative estimate of drug-likeness (QED) is 0.715. The molecule has 0 aromatic heterocycles. The summed E-state index contributed by atoms with van der Waals surface area (Å²) < 4.78 is 0. The maximum atomic E-state index is 10.1. The van der Waals surface area contributed by atoms with Crippen molar-refractivity contribution in [1.82, 2.24) is 0 Å². The Kier molecular flexibility index (Phi) is 6.81. The summed E-state index contributed by atoms with van der Waals surface area (Å²) in [5.41, 5.74) is 0. The van der Waals surface area contributed by atoms with Crippen molar-refractivity contribution in [2.45, 2.75) is 44.9 Å². The summed E-state index contributed by atoms with van der Waals surface area (Å²) in [4.78, 5) is 10.1. The number of carboxylic acids is 1. The van der Waals surface area contributed by atoms with Gasteiger partial charge in [-0.2, -0.15) is 0 Å². The minimum atomic E-state index is -0.893. The zero-order valence-electron chi connectivity index (χ0n) is 7.15. The van der Waals surface area contributed by atoms with E-state index in [2.05, 4.69) is 0 Å². The van der Waals surface area contributed by atoms with Crippen molar-refractivity contribution in [1.29, 1.82) is 0 Å². The summed E-state index contributed by atoms with van der Waals surface area (Å²) >= 11 is 0. The first-order valence-electron chi connectivity index (χ1n) is 4.49. The Morgan fingerprint density at radius 2 is 1.83 bits per heavy atom. The zero-order valence-corrected chi connectivity index (χ0v) is 8.63. The molecular formula is C9H15AgO2. The van der Waals surface area contributed by atoms with E-state index in [1.165, 1.54) is 32.1 Å². The third-order valence-electron chi connectivity index (χ3n) is 2.48. The Bertz CT molecular complexity index is 130. The van der Waals surface area contributed by atoms with Crippen molar-refractivity contribution >= 4 is 5.97 Å². The van der Waals surface area contributed by atoms with E-state index in [9.17, 15) is 9.90 Å². The second-order valence-corrected chi connectivity index (χ2v) is 3.41. The summed E-state index contributed by atoms with van der Waals surface area (Å²) in [6.45, 7) is 0. The van der Waals surface area contributed by atoms with E-state index in [-0.39, 0.29) is 28.8 Å². The van der Waals surface area contributed by atoms with Gasteiger partial charge in [0.15, 0.2) is 0 Å². The fraction of sp³-hybridized carbons (Fsp3) is 0.889. The van der Waals surface area contributed by atoms with Crippen LogP contribution < -0.4 is 5.11 Å². The molecule has 0 spiro atoms. The predicted molar refractivity (Wildman–Crippen MR) is 40.8 cm³/mol. The summed E-state index contributed by atoms with van der Waals surface area (Å²) in [5, 5.41) is 10.1. The Balaban J connectivity index is 0.00000121. The summed E-state index contributed by atoms with van der Waals surface area (Å²) in [6, 6.07) is 0. The van der Waals surface area contributed by atoms with Crippen LogP contribution in [0.5, 0.6) is 0 Å². The maximum Gasteiger partial charge on any atom is 1.00 e. The topological polar surface area (TPSA) is 40.1 Å². The fourth-order valence-electron chi connectivity index (χ4n) is 1.80. The van der Waals surface area contributed by atoms with Crippen LogP contribution in [0.3, 0.4) is 0 Å². The Morgan fingerprint density at radius 1 is 1.25 bits per heavy atom. The summed E-state index contributed by atoms with van der Waals surface area (Å²) in [5.74, 6) is -0.225. The number of carbonyl (C=O) groups is 1. The first kappa shape index (κ1) is 12.2. The smallest absolute Gasteiger partial charge is 0.550 e. The number of hydrogen-bond donors (Lipinski definition) is 0. The van der Waals surface area contributed by atoms with Crippen molar-refractivity contribution in [2.75, 3.05) is 0 Å². The molecule has 0 atom stereocenters. The van der Waals surface area contributed by atoms with Crippen LogP contribution in [0.2, 0.25) is 0 Å². The van der Waals surface area contributed by atoms with Gasteiger partial charge in [0.25, 0.3) is 0 Å². The fourth-order valence-corrected chi connectivity index (χ4v) is 1.80. The number of rotatable bonds is 3. The molecule has 0 saturated heterocycles. The Morgan fingerprint density at radius 3 is 2.33 bits per heavy atom. The van der Waals surface area contributed by atoms with Gasteiger partial charge in [-0.15, -0.1) is 0 Å². The number of carbonyl (C=O) groups excluding carboxylic acids is 1. The van der Waals surface area contributed by atoms with Crippen molar-refractivity contribution in [3.63, 3.8) is 0 Å². The van der Waals surface area contributed by atoms with Gasteiger partial charge >= 0.3 is 22.4 Å². The molecule has 1 saturated carbocycles. The van der Waals surface area contributed by atoms with Gasteiger partial charge < -0.3 is 9.90 Å². The molecule has 1 rings (SSSR count). The van der Waals surface area contributed by atoms with Crippen molar-refractivity contribution < 1.29 is 32.3 Å².